The molecule has 132 valence electrons. The van der Waals surface area contributed by atoms with Gasteiger partial charge in [0.15, 0.2) is 28.8 Å². The van der Waals surface area contributed by atoms with Gasteiger partial charge in [0.2, 0.25) is 5.75 Å². The second-order valence-corrected chi connectivity index (χ2v) is 5.76. The zero-order chi connectivity index (χ0) is 18.0. The number of phenols is 1. The van der Waals surface area contributed by atoms with E-state index in [1.165, 1.54) is 21.3 Å². The number of carbonyl (C=O) groups excluding carboxylic acids is 1. The lowest BCUT2D eigenvalue weighted by Crippen LogP contribution is -2.29. The first kappa shape index (κ1) is 17.0. The van der Waals surface area contributed by atoms with E-state index in [-0.39, 0.29) is 24.1 Å². The summed E-state index contributed by atoms with van der Waals surface area (Å²) in [4.78, 5) is 12.9. The number of methoxy groups -OCH3 is 3. The lowest BCUT2D eigenvalue weighted by atomic mass is 9.89. The quantitative estimate of drug-likeness (QED) is 0.899. The summed E-state index contributed by atoms with van der Waals surface area (Å²) >= 11 is 0. The molecule has 1 N–H and O–H groups in total. The van der Waals surface area contributed by atoms with Crippen LogP contribution in [0.15, 0.2) is 30.3 Å². The number of benzene rings is 2. The Morgan fingerprint density at radius 3 is 2.52 bits per heavy atom. The standard InChI is InChI=1S/C19H20O6/c1-22-15-7-5-13-17(21)12(10-25-18(13)19(15)24-3)8-11-4-6-14(20)16(9-11)23-2/h4-7,9,12,20H,8,10H2,1-3H3. The van der Waals surface area contributed by atoms with Crippen LogP contribution in [-0.4, -0.2) is 38.8 Å². The van der Waals surface area contributed by atoms with E-state index in [1.807, 2.05) is 0 Å². The second-order valence-electron chi connectivity index (χ2n) is 5.76. The van der Waals surface area contributed by atoms with E-state index in [9.17, 15) is 9.90 Å². The van der Waals surface area contributed by atoms with Crippen LogP contribution < -0.4 is 18.9 Å². The van der Waals surface area contributed by atoms with Gasteiger partial charge in [-0.05, 0) is 36.2 Å². The van der Waals surface area contributed by atoms with E-state index < -0.39 is 0 Å². The molecule has 3 rings (SSSR count). The number of hydrogen-bond acceptors (Lipinski definition) is 6. The number of phenolic OH excluding ortho intramolecular Hbond substituents is 1. The number of rotatable bonds is 5. The molecular formula is C19H20O6. The van der Waals surface area contributed by atoms with Gasteiger partial charge in [-0.2, -0.15) is 0 Å². The highest BCUT2D eigenvalue weighted by molar-refractivity contribution is 6.02. The van der Waals surface area contributed by atoms with Crippen LogP contribution >= 0.6 is 0 Å². The van der Waals surface area contributed by atoms with Crippen molar-refractivity contribution in [3.8, 4) is 28.7 Å². The first-order chi connectivity index (χ1) is 12.1. The van der Waals surface area contributed by atoms with E-state index in [0.29, 0.717) is 35.0 Å². The molecule has 0 saturated heterocycles. The summed E-state index contributed by atoms with van der Waals surface area (Å²) in [5.74, 6) is 1.50. The fraction of sp³-hybridized carbons (Fsp3) is 0.316. The monoisotopic (exact) mass is 344 g/mol. The molecule has 0 bridgehead atoms. The molecule has 0 saturated carbocycles. The molecule has 2 aromatic rings. The van der Waals surface area contributed by atoms with Crippen molar-refractivity contribution in [3.63, 3.8) is 0 Å². The molecule has 1 aliphatic heterocycles. The number of ether oxygens (including phenoxy) is 4. The Kier molecular flexibility index (Phi) is 4.70. The predicted octanol–water partition coefficient (Wildman–Crippen LogP) is 2.85. The third-order valence-corrected chi connectivity index (χ3v) is 4.29. The molecule has 1 unspecified atom stereocenters. The largest absolute Gasteiger partial charge is 0.504 e. The highest BCUT2D eigenvalue weighted by Crippen LogP contribution is 2.43. The smallest absolute Gasteiger partial charge is 0.204 e. The van der Waals surface area contributed by atoms with Gasteiger partial charge in [-0.3, -0.25) is 4.79 Å². The van der Waals surface area contributed by atoms with Crippen LogP contribution in [0.5, 0.6) is 28.7 Å². The van der Waals surface area contributed by atoms with Crippen molar-refractivity contribution in [1.29, 1.82) is 0 Å². The second kappa shape index (κ2) is 6.93. The molecule has 1 aliphatic rings. The van der Waals surface area contributed by atoms with E-state index >= 15 is 0 Å². The van der Waals surface area contributed by atoms with Crippen molar-refractivity contribution in [2.24, 2.45) is 5.92 Å². The van der Waals surface area contributed by atoms with Crippen molar-refractivity contribution in [2.45, 2.75) is 6.42 Å². The summed E-state index contributed by atoms with van der Waals surface area (Å²) in [6.45, 7) is 0.249. The highest BCUT2D eigenvalue weighted by atomic mass is 16.5. The minimum absolute atomic E-state index is 0.00533. The lowest BCUT2D eigenvalue weighted by molar-refractivity contribution is 0.0825. The Morgan fingerprint density at radius 1 is 1.08 bits per heavy atom. The van der Waals surface area contributed by atoms with Crippen LogP contribution in [0.2, 0.25) is 0 Å². The fourth-order valence-electron chi connectivity index (χ4n) is 3.00. The Morgan fingerprint density at radius 2 is 1.84 bits per heavy atom. The van der Waals surface area contributed by atoms with Gasteiger partial charge in [-0.15, -0.1) is 0 Å². The van der Waals surface area contributed by atoms with E-state index in [4.69, 9.17) is 18.9 Å². The molecule has 6 heteroatoms. The van der Waals surface area contributed by atoms with Crippen LogP contribution in [0.4, 0.5) is 0 Å². The summed E-state index contributed by atoms with van der Waals surface area (Å²) in [6.07, 6.45) is 0.489. The summed E-state index contributed by atoms with van der Waals surface area (Å²) < 4.78 is 21.5. The number of hydrogen-bond donors (Lipinski definition) is 1. The molecule has 0 aliphatic carbocycles. The number of carbonyl (C=O) groups is 1. The van der Waals surface area contributed by atoms with Crippen LogP contribution in [-0.2, 0) is 6.42 Å². The van der Waals surface area contributed by atoms with Gasteiger partial charge in [0, 0.05) is 0 Å². The molecule has 1 atom stereocenters. The average Bonchev–Trinajstić information content (AvgIpc) is 2.64. The average molecular weight is 344 g/mol. The van der Waals surface area contributed by atoms with Crippen molar-refractivity contribution in [1.82, 2.24) is 0 Å². The maximum atomic E-state index is 12.9. The summed E-state index contributed by atoms with van der Waals surface area (Å²) in [6, 6.07) is 8.46. The Hall–Kier alpha value is -2.89. The molecule has 0 radical (unpaired) electrons. The van der Waals surface area contributed by atoms with Gasteiger partial charge in [-0.25, -0.2) is 0 Å². The number of Topliss-reactive ketones (excluding diaryl/α,β-unsaturated/α-hetero) is 1. The zero-order valence-electron chi connectivity index (χ0n) is 14.4. The number of aromatic hydroxyl groups is 1. The number of ketones is 1. The van der Waals surface area contributed by atoms with Crippen molar-refractivity contribution in [2.75, 3.05) is 27.9 Å². The zero-order valence-corrected chi connectivity index (χ0v) is 14.4. The Bertz CT molecular complexity index is 799. The van der Waals surface area contributed by atoms with Gasteiger partial charge in [0.25, 0.3) is 0 Å². The Labute approximate surface area is 145 Å². The summed E-state index contributed by atoms with van der Waals surface area (Å²) in [5, 5.41) is 9.69. The first-order valence-corrected chi connectivity index (χ1v) is 7.87. The molecule has 6 nitrogen and oxygen atoms in total. The highest BCUT2D eigenvalue weighted by Gasteiger charge is 2.32. The van der Waals surface area contributed by atoms with Crippen molar-refractivity contribution >= 4 is 5.78 Å². The normalized spacial score (nSPS) is 16.0. The lowest BCUT2D eigenvalue weighted by Gasteiger charge is -2.26. The maximum Gasteiger partial charge on any atom is 0.204 e. The molecule has 1 heterocycles. The van der Waals surface area contributed by atoms with Crippen molar-refractivity contribution in [3.05, 3.63) is 41.5 Å². The third kappa shape index (κ3) is 3.07. The topological polar surface area (TPSA) is 74.2 Å². The first-order valence-electron chi connectivity index (χ1n) is 7.87. The van der Waals surface area contributed by atoms with Crippen LogP contribution in [0.3, 0.4) is 0 Å². The van der Waals surface area contributed by atoms with E-state index in [2.05, 4.69) is 0 Å². The minimum Gasteiger partial charge on any atom is -0.504 e. The van der Waals surface area contributed by atoms with Crippen molar-refractivity contribution < 1.29 is 28.8 Å². The fourth-order valence-corrected chi connectivity index (χ4v) is 3.00. The van der Waals surface area contributed by atoms with E-state index in [1.54, 1.807) is 30.3 Å². The van der Waals surface area contributed by atoms with Gasteiger partial charge in [0.1, 0.15) is 0 Å². The predicted molar refractivity (Wildman–Crippen MR) is 91.2 cm³/mol. The Balaban J connectivity index is 1.87. The summed E-state index contributed by atoms with van der Waals surface area (Å²) in [5.41, 5.74) is 1.38. The van der Waals surface area contributed by atoms with Gasteiger partial charge < -0.3 is 24.1 Å². The van der Waals surface area contributed by atoms with Crippen LogP contribution in [0, 0.1) is 5.92 Å². The molecule has 0 fully saturated rings. The van der Waals surface area contributed by atoms with Gasteiger partial charge >= 0.3 is 0 Å². The molecule has 2 aromatic carbocycles. The molecular weight excluding hydrogens is 324 g/mol. The summed E-state index contributed by atoms with van der Waals surface area (Å²) in [7, 11) is 4.54. The third-order valence-electron chi connectivity index (χ3n) is 4.29. The minimum atomic E-state index is -0.320. The molecule has 0 aromatic heterocycles. The maximum absolute atomic E-state index is 12.9. The molecule has 0 spiro atoms. The van der Waals surface area contributed by atoms with Gasteiger partial charge in [0.05, 0.1) is 39.4 Å². The van der Waals surface area contributed by atoms with Crippen LogP contribution in [0.1, 0.15) is 15.9 Å². The molecule has 25 heavy (non-hydrogen) atoms. The number of fused-ring (bicyclic) bond motifs is 1. The van der Waals surface area contributed by atoms with E-state index in [0.717, 1.165) is 5.56 Å². The van der Waals surface area contributed by atoms with Crippen LogP contribution in [0.25, 0.3) is 0 Å². The SMILES string of the molecule is COc1cc(CC2COc3c(ccc(OC)c3OC)C2=O)ccc1O. The van der Waals surface area contributed by atoms with Gasteiger partial charge in [-0.1, -0.05) is 6.07 Å². The molecule has 0 amide bonds.